The van der Waals surface area contributed by atoms with Crippen molar-refractivity contribution in [2.45, 2.75) is 82.5 Å². The van der Waals surface area contributed by atoms with Crippen molar-refractivity contribution in [3.05, 3.63) is 33.4 Å². The molecule has 8 nitrogen and oxygen atoms in total. The summed E-state index contributed by atoms with van der Waals surface area (Å²) in [6.07, 6.45) is 7.58. The molecule has 4 heterocycles. The Morgan fingerprint density at radius 2 is 1.90 bits per heavy atom. The fraction of sp³-hybridized carbons (Fsp3) is 0.727. The minimum Gasteiger partial charge on any atom is -0.295 e. The van der Waals surface area contributed by atoms with E-state index in [0.717, 1.165) is 42.8 Å². The summed E-state index contributed by atoms with van der Waals surface area (Å²) >= 11 is 0. The molecule has 0 bridgehead atoms. The van der Waals surface area contributed by atoms with Crippen LogP contribution in [-0.4, -0.2) is 63.1 Å². The van der Waals surface area contributed by atoms with Gasteiger partial charge in [0.2, 0.25) is 10.0 Å². The maximum Gasteiger partial charge on any atom is 0.277 e. The molecular formula is C22H33N5O3S. The van der Waals surface area contributed by atoms with Crippen LogP contribution >= 0.6 is 0 Å². The number of aromatic amines is 1. The Bertz CT molecular complexity index is 1130. The van der Waals surface area contributed by atoms with E-state index in [1.54, 1.807) is 22.7 Å². The van der Waals surface area contributed by atoms with Crippen LogP contribution in [0.1, 0.15) is 75.2 Å². The van der Waals surface area contributed by atoms with Crippen molar-refractivity contribution in [1.29, 1.82) is 0 Å². The van der Waals surface area contributed by atoms with Gasteiger partial charge in [0, 0.05) is 56.3 Å². The minimum absolute atomic E-state index is 0.00332. The first kappa shape index (κ1) is 21.2. The Hall–Kier alpha value is -1.71. The average Bonchev–Trinajstić information content (AvgIpc) is 3.44. The zero-order chi connectivity index (χ0) is 21.8. The topological polar surface area (TPSA) is 90.8 Å². The Morgan fingerprint density at radius 3 is 2.65 bits per heavy atom. The number of nitrogens with zero attached hydrogens (tertiary/aromatic N) is 4. The van der Waals surface area contributed by atoms with E-state index < -0.39 is 15.3 Å². The summed E-state index contributed by atoms with van der Waals surface area (Å²) in [5.74, 6) is 0.0513. The van der Waals surface area contributed by atoms with Crippen LogP contribution in [-0.2, 0) is 23.0 Å². The summed E-state index contributed by atoms with van der Waals surface area (Å²) in [5, 5.41) is 2.85. The molecule has 2 aromatic heterocycles. The summed E-state index contributed by atoms with van der Waals surface area (Å²) < 4.78 is 28.5. The second kappa shape index (κ2) is 8.01. The molecule has 9 heteroatoms. The van der Waals surface area contributed by atoms with Gasteiger partial charge in [-0.1, -0.05) is 12.8 Å². The van der Waals surface area contributed by atoms with Crippen LogP contribution in [0.15, 0.2) is 10.9 Å². The number of sulfonamides is 1. The molecule has 0 spiro atoms. The quantitative estimate of drug-likeness (QED) is 0.776. The zero-order valence-electron chi connectivity index (χ0n) is 18.5. The molecule has 2 fully saturated rings. The second-order valence-electron chi connectivity index (χ2n) is 9.70. The number of hydrogen-bond acceptors (Lipinski definition) is 5. The first-order chi connectivity index (χ1) is 14.8. The maximum absolute atomic E-state index is 13.3. The number of piperidine rings is 1. The molecule has 1 saturated heterocycles. The van der Waals surface area contributed by atoms with Crippen LogP contribution in [0, 0.1) is 0 Å². The third kappa shape index (κ3) is 3.74. The van der Waals surface area contributed by atoms with E-state index in [1.165, 1.54) is 25.7 Å². The van der Waals surface area contributed by atoms with E-state index in [0.29, 0.717) is 31.3 Å². The predicted molar refractivity (Wildman–Crippen MR) is 120 cm³/mol. The van der Waals surface area contributed by atoms with E-state index in [9.17, 15) is 13.2 Å². The summed E-state index contributed by atoms with van der Waals surface area (Å²) in [6, 6.07) is 2.55. The second-order valence-corrected chi connectivity index (χ2v) is 12.2. The van der Waals surface area contributed by atoms with Gasteiger partial charge in [-0.2, -0.15) is 0 Å². The lowest BCUT2D eigenvalue weighted by Gasteiger charge is -2.32. The fourth-order valence-electron chi connectivity index (χ4n) is 5.54. The van der Waals surface area contributed by atoms with Crippen LogP contribution in [0.3, 0.4) is 0 Å². The van der Waals surface area contributed by atoms with E-state index in [1.807, 2.05) is 6.07 Å². The zero-order valence-corrected chi connectivity index (χ0v) is 19.3. The van der Waals surface area contributed by atoms with E-state index >= 15 is 0 Å². The predicted octanol–water partition coefficient (Wildman–Crippen LogP) is 2.24. The van der Waals surface area contributed by atoms with Crippen molar-refractivity contribution < 1.29 is 8.42 Å². The molecule has 1 aliphatic carbocycles. The van der Waals surface area contributed by atoms with Crippen molar-refractivity contribution >= 4 is 15.7 Å². The van der Waals surface area contributed by atoms with Gasteiger partial charge < -0.3 is 0 Å². The molecule has 1 saturated carbocycles. The van der Waals surface area contributed by atoms with Crippen LogP contribution < -0.4 is 5.56 Å². The van der Waals surface area contributed by atoms with Gasteiger partial charge in [0.1, 0.15) is 0 Å². The highest BCUT2D eigenvalue weighted by molar-refractivity contribution is 7.89. The molecule has 31 heavy (non-hydrogen) atoms. The van der Waals surface area contributed by atoms with Gasteiger partial charge >= 0.3 is 0 Å². The Balaban J connectivity index is 1.43. The maximum atomic E-state index is 13.3. The molecule has 0 radical (unpaired) electrons. The van der Waals surface area contributed by atoms with Gasteiger partial charge in [0.15, 0.2) is 5.65 Å². The first-order valence-electron chi connectivity index (χ1n) is 11.7. The number of fused-ring (bicyclic) bond motifs is 2. The smallest absolute Gasteiger partial charge is 0.277 e. The first-order valence-corrected chi connectivity index (χ1v) is 13.2. The molecule has 170 valence electrons. The van der Waals surface area contributed by atoms with Crippen molar-refractivity contribution in [2.75, 3.05) is 19.6 Å². The van der Waals surface area contributed by atoms with E-state index in [4.69, 9.17) is 4.98 Å². The standard InChI is InChI=1S/C22H33N5O3S/c1-15(2)31(29,30)26-10-5-6-16(13-26)20-12-21-23-19-9-11-25(17-7-3-4-8-17)14-18(19)22(28)27(21)24-20/h12,15-17,24H,3-11,13-14H2,1-2H3. The average molecular weight is 448 g/mol. The highest BCUT2D eigenvalue weighted by Crippen LogP contribution is 2.30. The molecule has 0 amide bonds. The summed E-state index contributed by atoms with van der Waals surface area (Å²) in [4.78, 5) is 20.6. The number of aromatic nitrogens is 3. The normalized spacial score (nSPS) is 24.3. The van der Waals surface area contributed by atoms with E-state index in [-0.39, 0.29) is 11.5 Å². The van der Waals surface area contributed by atoms with Gasteiger partial charge in [0.05, 0.1) is 16.5 Å². The van der Waals surface area contributed by atoms with Crippen molar-refractivity contribution in [2.24, 2.45) is 0 Å². The summed E-state index contributed by atoms with van der Waals surface area (Å²) in [5.41, 5.74) is 3.30. The molecule has 0 aromatic carbocycles. The molecule has 2 aliphatic heterocycles. The lowest BCUT2D eigenvalue weighted by atomic mass is 9.96. The van der Waals surface area contributed by atoms with Crippen molar-refractivity contribution in [1.82, 2.24) is 23.8 Å². The monoisotopic (exact) mass is 447 g/mol. The van der Waals surface area contributed by atoms with Crippen LogP contribution in [0.4, 0.5) is 0 Å². The fourth-order valence-corrected chi connectivity index (χ4v) is 6.90. The van der Waals surface area contributed by atoms with Crippen LogP contribution in [0.25, 0.3) is 5.65 Å². The number of H-pyrrole nitrogens is 1. The molecule has 5 rings (SSSR count). The minimum atomic E-state index is -3.28. The highest BCUT2D eigenvalue weighted by Gasteiger charge is 2.33. The molecule has 1 unspecified atom stereocenters. The Morgan fingerprint density at radius 1 is 1.13 bits per heavy atom. The van der Waals surface area contributed by atoms with Crippen LogP contribution in [0.5, 0.6) is 0 Å². The summed E-state index contributed by atoms with van der Waals surface area (Å²) in [6.45, 7) is 6.14. The van der Waals surface area contributed by atoms with Gasteiger partial charge in [-0.05, 0) is 39.5 Å². The number of rotatable bonds is 4. The van der Waals surface area contributed by atoms with Crippen LogP contribution in [0.2, 0.25) is 0 Å². The third-order valence-corrected chi connectivity index (χ3v) is 9.67. The summed E-state index contributed by atoms with van der Waals surface area (Å²) in [7, 11) is -3.28. The number of nitrogens with one attached hydrogen (secondary N) is 1. The number of hydrogen-bond donors (Lipinski definition) is 1. The molecular weight excluding hydrogens is 414 g/mol. The lowest BCUT2D eigenvalue weighted by molar-refractivity contribution is 0.178. The lowest BCUT2D eigenvalue weighted by Crippen LogP contribution is -2.42. The van der Waals surface area contributed by atoms with Gasteiger partial charge in [-0.15, -0.1) is 0 Å². The van der Waals surface area contributed by atoms with E-state index in [2.05, 4.69) is 10.00 Å². The Labute approximate surface area is 183 Å². The highest BCUT2D eigenvalue weighted by atomic mass is 32.2. The van der Waals surface area contributed by atoms with Gasteiger partial charge in [-0.25, -0.2) is 22.2 Å². The third-order valence-electron chi connectivity index (χ3n) is 7.43. The molecule has 1 atom stereocenters. The molecule has 3 aliphatic rings. The van der Waals surface area contributed by atoms with Crippen molar-refractivity contribution in [3.63, 3.8) is 0 Å². The largest absolute Gasteiger partial charge is 0.295 e. The van der Waals surface area contributed by atoms with Gasteiger partial charge in [0.25, 0.3) is 5.56 Å². The molecule has 1 N–H and O–H groups in total. The SMILES string of the molecule is CC(C)S(=O)(=O)N1CCCC(c2cc3nc4c(c(=O)n3[nH]2)CN(C2CCCC2)CC4)C1. The molecule has 2 aromatic rings. The van der Waals surface area contributed by atoms with Crippen molar-refractivity contribution in [3.8, 4) is 0 Å². The Kier molecular flexibility index (Phi) is 5.46. The van der Waals surface area contributed by atoms with Gasteiger partial charge in [-0.3, -0.25) is 14.8 Å².